The summed E-state index contributed by atoms with van der Waals surface area (Å²) in [5, 5.41) is 9.71. The van der Waals surface area contributed by atoms with Crippen molar-refractivity contribution in [2.75, 3.05) is 6.54 Å². The fraction of sp³-hybridized carbons (Fsp3) is 0.571. The fourth-order valence-corrected chi connectivity index (χ4v) is 4.33. The van der Waals surface area contributed by atoms with E-state index in [0.717, 1.165) is 49.7 Å². The van der Waals surface area contributed by atoms with E-state index >= 15 is 0 Å². The Balaban J connectivity index is 1.56. The van der Waals surface area contributed by atoms with Crippen LogP contribution in [0.25, 0.3) is 0 Å². The van der Waals surface area contributed by atoms with E-state index in [2.05, 4.69) is 31.2 Å². The van der Waals surface area contributed by atoms with Crippen LogP contribution in [-0.2, 0) is 16.0 Å². The van der Waals surface area contributed by atoms with Crippen LogP contribution in [0, 0.1) is 0 Å². The van der Waals surface area contributed by atoms with Crippen molar-refractivity contribution in [2.24, 2.45) is 0 Å². The summed E-state index contributed by atoms with van der Waals surface area (Å²) in [5.74, 6) is -0.969. The summed E-state index contributed by atoms with van der Waals surface area (Å²) in [5.41, 5.74) is 1.81. The van der Waals surface area contributed by atoms with Gasteiger partial charge in [0, 0.05) is 13.0 Å². The molecule has 1 N–H and O–H groups in total. The third-order valence-electron chi connectivity index (χ3n) is 6.18. The highest BCUT2D eigenvalue weighted by atomic mass is 16.4. The standard InChI is InChI=1S/C28H41NO3/c1-2-3-4-5-6-7-8-9-10-11-12-13-14-15-16-21-26(30)29-23-22-24-19-17-18-20-25(24)27(29)28(31)32/h6-7,9-10,17-20,27H,2-5,8,11-16,21-23H2,1H3,(H,31,32)/b7-6-,10-9-. The fourth-order valence-electron chi connectivity index (χ4n) is 4.33. The number of benzene rings is 1. The smallest absolute Gasteiger partial charge is 0.331 e. The van der Waals surface area contributed by atoms with Crippen molar-refractivity contribution in [2.45, 2.75) is 96.4 Å². The molecule has 1 aliphatic heterocycles. The summed E-state index contributed by atoms with van der Waals surface area (Å²) in [6, 6.07) is 6.74. The van der Waals surface area contributed by atoms with Crippen LogP contribution in [0.2, 0.25) is 0 Å². The van der Waals surface area contributed by atoms with Gasteiger partial charge in [-0.2, -0.15) is 0 Å². The largest absolute Gasteiger partial charge is 0.479 e. The molecule has 1 unspecified atom stereocenters. The molecule has 176 valence electrons. The number of carbonyl (C=O) groups excluding carboxylic acids is 1. The van der Waals surface area contributed by atoms with E-state index in [-0.39, 0.29) is 5.91 Å². The van der Waals surface area contributed by atoms with Crippen LogP contribution in [0.4, 0.5) is 0 Å². The van der Waals surface area contributed by atoms with Crippen molar-refractivity contribution in [1.82, 2.24) is 4.90 Å². The average Bonchev–Trinajstić information content (AvgIpc) is 2.80. The number of amides is 1. The number of carboxylic acid groups (broad SMARTS) is 1. The van der Waals surface area contributed by atoms with Crippen molar-refractivity contribution in [3.8, 4) is 0 Å². The van der Waals surface area contributed by atoms with E-state index in [9.17, 15) is 14.7 Å². The van der Waals surface area contributed by atoms with E-state index < -0.39 is 12.0 Å². The van der Waals surface area contributed by atoms with E-state index in [1.165, 1.54) is 38.5 Å². The Labute approximate surface area is 194 Å². The number of hydrogen-bond donors (Lipinski definition) is 1. The summed E-state index contributed by atoms with van der Waals surface area (Å²) in [7, 11) is 0. The lowest BCUT2D eigenvalue weighted by Crippen LogP contribution is -2.43. The number of allylic oxidation sites excluding steroid dienone is 4. The number of carboxylic acids is 1. The predicted molar refractivity (Wildman–Crippen MR) is 132 cm³/mol. The lowest BCUT2D eigenvalue weighted by atomic mass is 9.92. The van der Waals surface area contributed by atoms with Crippen LogP contribution < -0.4 is 0 Å². The molecule has 1 atom stereocenters. The van der Waals surface area contributed by atoms with Gasteiger partial charge < -0.3 is 10.0 Å². The second-order valence-electron chi connectivity index (χ2n) is 8.76. The van der Waals surface area contributed by atoms with Crippen molar-refractivity contribution in [3.63, 3.8) is 0 Å². The molecule has 0 saturated heterocycles. The number of hydrogen-bond acceptors (Lipinski definition) is 2. The Morgan fingerprint density at radius 2 is 1.59 bits per heavy atom. The number of fused-ring (bicyclic) bond motifs is 1. The highest BCUT2D eigenvalue weighted by molar-refractivity contribution is 5.85. The number of rotatable bonds is 15. The van der Waals surface area contributed by atoms with Gasteiger partial charge in [-0.05, 0) is 56.1 Å². The Morgan fingerprint density at radius 1 is 0.938 bits per heavy atom. The summed E-state index contributed by atoms with van der Waals surface area (Å²) < 4.78 is 0. The highest BCUT2D eigenvalue weighted by Gasteiger charge is 2.35. The van der Waals surface area contributed by atoms with Gasteiger partial charge in [-0.3, -0.25) is 4.79 Å². The minimum Gasteiger partial charge on any atom is -0.479 e. The van der Waals surface area contributed by atoms with Crippen LogP contribution in [0.1, 0.15) is 101 Å². The van der Waals surface area contributed by atoms with Crippen LogP contribution in [0.3, 0.4) is 0 Å². The molecule has 1 amide bonds. The lowest BCUT2D eigenvalue weighted by Gasteiger charge is -2.34. The molecular weight excluding hydrogens is 398 g/mol. The Morgan fingerprint density at radius 3 is 2.31 bits per heavy atom. The van der Waals surface area contributed by atoms with Gasteiger partial charge >= 0.3 is 5.97 Å². The van der Waals surface area contributed by atoms with Gasteiger partial charge in [0.25, 0.3) is 0 Å². The zero-order chi connectivity index (χ0) is 23.0. The van der Waals surface area contributed by atoms with Gasteiger partial charge in [0.05, 0.1) is 0 Å². The van der Waals surface area contributed by atoms with Crippen molar-refractivity contribution in [3.05, 3.63) is 59.7 Å². The zero-order valence-electron chi connectivity index (χ0n) is 19.8. The van der Waals surface area contributed by atoms with E-state index in [4.69, 9.17) is 0 Å². The summed E-state index contributed by atoms with van der Waals surface area (Å²) in [4.78, 5) is 26.1. The molecule has 0 spiro atoms. The first kappa shape index (κ1) is 25.9. The maximum absolute atomic E-state index is 12.7. The molecule has 0 aromatic heterocycles. The SMILES string of the molecule is CCCCC/C=C\C/C=C\CCCCCCCC(=O)N1CCc2ccccc2C1C(=O)O. The summed E-state index contributed by atoms with van der Waals surface area (Å²) in [6.07, 6.45) is 22.9. The van der Waals surface area contributed by atoms with E-state index in [0.29, 0.717) is 13.0 Å². The Kier molecular flexibility index (Phi) is 12.5. The molecule has 0 fully saturated rings. The minimum absolute atomic E-state index is 0.0300. The van der Waals surface area contributed by atoms with Crippen molar-refractivity contribution < 1.29 is 14.7 Å². The number of carbonyl (C=O) groups is 2. The molecule has 0 bridgehead atoms. The van der Waals surface area contributed by atoms with Gasteiger partial charge in [-0.15, -0.1) is 0 Å². The minimum atomic E-state index is -0.939. The molecule has 1 aromatic rings. The maximum Gasteiger partial charge on any atom is 0.331 e. The number of aliphatic carboxylic acids is 1. The van der Waals surface area contributed by atoms with Gasteiger partial charge in [0.15, 0.2) is 6.04 Å². The Bertz CT molecular complexity index is 753. The van der Waals surface area contributed by atoms with E-state index in [1.807, 2.05) is 24.3 Å². The zero-order valence-corrected chi connectivity index (χ0v) is 19.8. The lowest BCUT2D eigenvalue weighted by molar-refractivity contribution is -0.151. The monoisotopic (exact) mass is 439 g/mol. The van der Waals surface area contributed by atoms with Gasteiger partial charge in [-0.1, -0.05) is 87.6 Å². The van der Waals surface area contributed by atoms with Crippen molar-refractivity contribution in [1.29, 1.82) is 0 Å². The molecule has 4 heteroatoms. The maximum atomic E-state index is 12.7. The van der Waals surface area contributed by atoms with Crippen LogP contribution in [-0.4, -0.2) is 28.4 Å². The second kappa shape index (κ2) is 15.4. The topological polar surface area (TPSA) is 57.6 Å². The summed E-state index contributed by atoms with van der Waals surface area (Å²) >= 11 is 0. The van der Waals surface area contributed by atoms with Crippen LogP contribution in [0.5, 0.6) is 0 Å². The Hall–Kier alpha value is -2.36. The van der Waals surface area contributed by atoms with Gasteiger partial charge in [-0.25, -0.2) is 4.79 Å². The van der Waals surface area contributed by atoms with Crippen molar-refractivity contribution >= 4 is 11.9 Å². The van der Waals surface area contributed by atoms with E-state index in [1.54, 1.807) is 4.90 Å². The number of unbranched alkanes of at least 4 members (excludes halogenated alkanes) is 8. The molecule has 0 saturated carbocycles. The summed E-state index contributed by atoms with van der Waals surface area (Å²) in [6.45, 7) is 2.73. The first-order valence-electron chi connectivity index (χ1n) is 12.5. The predicted octanol–water partition coefficient (Wildman–Crippen LogP) is 7.01. The average molecular weight is 440 g/mol. The second-order valence-corrected chi connectivity index (χ2v) is 8.76. The normalized spacial score (nSPS) is 16.0. The third kappa shape index (κ3) is 9.02. The molecule has 0 radical (unpaired) electrons. The first-order valence-corrected chi connectivity index (χ1v) is 12.5. The molecule has 1 heterocycles. The molecule has 32 heavy (non-hydrogen) atoms. The van der Waals surface area contributed by atoms with Crippen LogP contribution >= 0.6 is 0 Å². The third-order valence-corrected chi connectivity index (χ3v) is 6.18. The van der Waals surface area contributed by atoms with Crippen LogP contribution in [0.15, 0.2) is 48.6 Å². The molecule has 2 rings (SSSR count). The van der Waals surface area contributed by atoms with Gasteiger partial charge in [0.2, 0.25) is 5.91 Å². The molecule has 4 nitrogen and oxygen atoms in total. The quantitative estimate of drug-likeness (QED) is 0.236. The molecule has 0 aliphatic carbocycles. The molecule has 1 aromatic carbocycles. The highest BCUT2D eigenvalue weighted by Crippen LogP contribution is 2.30. The first-order chi connectivity index (χ1) is 15.6. The van der Waals surface area contributed by atoms with Gasteiger partial charge in [0.1, 0.15) is 0 Å². The number of nitrogens with zero attached hydrogens (tertiary/aromatic N) is 1. The molecule has 1 aliphatic rings. The molecular formula is C28H41NO3.